The summed E-state index contributed by atoms with van der Waals surface area (Å²) in [5.41, 5.74) is 1.21. The number of rotatable bonds is 4. The quantitative estimate of drug-likeness (QED) is 0.890. The van der Waals surface area contributed by atoms with E-state index in [2.05, 4.69) is 21.3 Å². The number of aromatic nitrogens is 1. The predicted molar refractivity (Wildman–Crippen MR) is 78.6 cm³/mol. The van der Waals surface area contributed by atoms with Crippen LogP contribution in [0.5, 0.6) is 0 Å². The van der Waals surface area contributed by atoms with Gasteiger partial charge in [-0.3, -0.25) is 4.79 Å². The molecule has 0 unspecified atom stereocenters. The number of amides is 1. The van der Waals surface area contributed by atoms with Crippen molar-refractivity contribution in [2.45, 2.75) is 31.8 Å². The van der Waals surface area contributed by atoms with E-state index in [-0.39, 0.29) is 5.91 Å². The molecule has 1 amide bonds. The highest BCUT2D eigenvalue weighted by Gasteiger charge is 2.21. The number of likely N-dealkylation sites (N-methyl/N-ethyl adjacent to an activating group) is 1. The van der Waals surface area contributed by atoms with Crippen LogP contribution in [0.15, 0.2) is 18.3 Å². The Morgan fingerprint density at radius 1 is 1.35 bits per heavy atom. The maximum Gasteiger partial charge on any atom is 0.241 e. The predicted octanol–water partition coefficient (Wildman–Crippen LogP) is 1.00. The van der Waals surface area contributed by atoms with Gasteiger partial charge in [-0.1, -0.05) is 6.07 Å². The molecule has 20 heavy (non-hydrogen) atoms. The third-order valence-electron chi connectivity index (χ3n) is 3.98. The van der Waals surface area contributed by atoms with Crippen molar-refractivity contribution in [3.8, 4) is 0 Å². The van der Waals surface area contributed by atoms with Gasteiger partial charge in [0.1, 0.15) is 5.82 Å². The van der Waals surface area contributed by atoms with Crippen LogP contribution in [0.1, 0.15) is 24.8 Å². The highest BCUT2D eigenvalue weighted by atomic mass is 16.2. The smallest absolute Gasteiger partial charge is 0.241 e. The van der Waals surface area contributed by atoms with E-state index < -0.39 is 0 Å². The van der Waals surface area contributed by atoms with Crippen molar-refractivity contribution >= 4 is 11.7 Å². The number of hydrogen-bond acceptors (Lipinski definition) is 4. The van der Waals surface area contributed by atoms with Gasteiger partial charge in [-0.05, 0) is 30.9 Å². The first-order valence-corrected chi connectivity index (χ1v) is 7.39. The Kier molecular flexibility index (Phi) is 3.87. The highest BCUT2D eigenvalue weighted by molar-refractivity contribution is 5.81. The van der Waals surface area contributed by atoms with E-state index in [0.717, 1.165) is 31.9 Å². The summed E-state index contributed by atoms with van der Waals surface area (Å²) in [6.07, 6.45) is 5.52. The first kappa shape index (κ1) is 13.4. The van der Waals surface area contributed by atoms with Gasteiger partial charge >= 0.3 is 0 Å². The Bertz CT molecular complexity index is 469. The molecule has 2 fully saturated rings. The Morgan fingerprint density at radius 3 is 2.90 bits per heavy atom. The van der Waals surface area contributed by atoms with Crippen molar-refractivity contribution in [2.75, 3.05) is 31.6 Å². The van der Waals surface area contributed by atoms with E-state index in [4.69, 9.17) is 0 Å². The summed E-state index contributed by atoms with van der Waals surface area (Å²) >= 11 is 0. The molecule has 0 aromatic carbocycles. The minimum Gasteiger partial charge on any atom is -0.347 e. The molecule has 1 saturated carbocycles. The molecule has 3 rings (SSSR count). The normalized spacial score (nSPS) is 20.1. The molecule has 0 spiro atoms. The first-order valence-electron chi connectivity index (χ1n) is 7.39. The van der Waals surface area contributed by atoms with Crippen molar-refractivity contribution in [3.63, 3.8) is 0 Å². The van der Waals surface area contributed by atoms with Crippen molar-refractivity contribution in [3.05, 3.63) is 23.9 Å². The molecule has 5 nitrogen and oxygen atoms in total. The van der Waals surface area contributed by atoms with E-state index in [0.29, 0.717) is 12.6 Å². The summed E-state index contributed by atoms with van der Waals surface area (Å²) in [5, 5.41) is 3.48. The van der Waals surface area contributed by atoms with Crippen molar-refractivity contribution in [1.82, 2.24) is 15.2 Å². The minimum absolute atomic E-state index is 0.170. The molecular formula is C15H22N4O. The number of pyridine rings is 1. The van der Waals surface area contributed by atoms with E-state index in [1.165, 1.54) is 18.4 Å². The van der Waals surface area contributed by atoms with Gasteiger partial charge in [-0.2, -0.15) is 0 Å². The van der Waals surface area contributed by atoms with Crippen LogP contribution < -0.4 is 10.2 Å². The van der Waals surface area contributed by atoms with E-state index in [1.807, 2.05) is 19.3 Å². The second kappa shape index (κ2) is 5.79. The molecule has 1 saturated heterocycles. The lowest BCUT2D eigenvalue weighted by Gasteiger charge is -2.20. The molecule has 108 valence electrons. The zero-order valence-electron chi connectivity index (χ0n) is 12.0. The Balaban J connectivity index is 1.62. The topological polar surface area (TPSA) is 48.5 Å². The monoisotopic (exact) mass is 274 g/mol. The zero-order chi connectivity index (χ0) is 13.9. The molecule has 1 N–H and O–H groups in total. The largest absolute Gasteiger partial charge is 0.347 e. The van der Waals surface area contributed by atoms with Gasteiger partial charge < -0.3 is 15.1 Å². The van der Waals surface area contributed by atoms with Crippen LogP contribution in [0.4, 0.5) is 5.82 Å². The van der Waals surface area contributed by atoms with Crippen LogP contribution in [-0.2, 0) is 11.3 Å². The van der Waals surface area contributed by atoms with Gasteiger partial charge in [0.2, 0.25) is 5.91 Å². The fourth-order valence-electron chi connectivity index (χ4n) is 2.44. The maximum atomic E-state index is 11.9. The lowest BCUT2D eigenvalue weighted by atomic mass is 10.2. The van der Waals surface area contributed by atoms with E-state index in [1.54, 1.807) is 4.90 Å². The molecule has 5 heteroatoms. The number of carbonyl (C=O) groups is 1. The standard InChI is InChI=1S/C15H22N4O/c1-18-7-2-8-19(11-15(18)20)14-6-3-12(10-17-14)9-16-13-4-5-13/h3,6,10,13,16H,2,4-5,7-9,11H2,1H3. The highest BCUT2D eigenvalue weighted by Crippen LogP contribution is 2.19. The summed E-state index contributed by atoms with van der Waals surface area (Å²) in [5.74, 6) is 1.08. The number of nitrogens with zero attached hydrogens (tertiary/aromatic N) is 3. The molecule has 0 radical (unpaired) electrons. The van der Waals surface area contributed by atoms with Crippen LogP contribution in [0.25, 0.3) is 0 Å². The Hall–Kier alpha value is -1.62. The molecule has 2 heterocycles. The molecule has 2 aliphatic rings. The summed E-state index contributed by atoms with van der Waals surface area (Å²) < 4.78 is 0. The van der Waals surface area contributed by atoms with Crippen LogP contribution in [-0.4, -0.2) is 48.5 Å². The fraction of sp³-hybridized carbons (Fsp3) is 0.600. The molecule has 1 aliphatic carbocycles. The molecule has 0 atom stereocenters. The fourth-order valence-corrected chi connectivity index (χ4v) is 2.44. The maximum absolute atomic E-state index is 11.9. The molecule has 1 aromatic heterocycles. The zero-order valence-corrected chi connectivity index (χ0v) is 12.0. The molecule has 1 aliphatic heterocycles. The van der Waals surface area contributed by atoms with E-state index in [9.17, 15) is 4.79 Å². The SMILES string of the molecule is CN1CCCN(c2ccc(CNC3CC3)cn2)CC1=O. The van der Waals surface area contributed by atoms with Crippen LogP contribution in [0.3, 0.4) is 0 Å². The van der Waals surface area contributed by atoms with Crippen molar-refractivity contribution < 1.29 is 4.79 Å². The first-order chi connectivity index (χ1) is 9.72. The number of anilines is 1. The van der Waals surface area contributed by atoms with Gasteiger partial charge in [0.15, 0.2) is 0 Å². The van der Waals surface area contributed by atoms with E-state index >= 15 is 0 Å². The van der Waals surface area contributed by atoms with Crippen LogP contribution in [0, 0.1) is 0 Å². The summed E-state index contributed by atoms with van der Waals surface area (Å²) in [4.78, 5) is 20.3. The molecule has 0 bridgehead atoms. The van der Waals surface area contributed by atoms with Gasteiger partial charge in [0.05, 0.1) is 6.54 Å². The van der Waals surface area contributed by atoms with Crippen LogP contribution in [0.2, 0.25) is 0 Å². The number of nitrogens with one attached hydrogen (secondary N) is 1. The van der Waals surface area contributed by atoms with Crippen molar-refractivity contribution in [1.29, 1.82) is 0 Å². The Labute approximate surface area is 120 Å². The summed E-state index contributed by atoms with van der Waals surface area (Å²) in [6, 6.07) is 4.85. The average Bonchev–Trinajstić information content (AvgIpc) is 3.28. The summed E-state index contributed by atoms with van der Waals surface area (Å²) in [7, 11) is 1.87. The molecular weight excluding hydrogens is 252 g/mol. The van der Waals surface area contributed by atoms with Gasteiger partial charge in [0, 0.05) is 38.9 Å². The van der Waals surface area contributed by atoms with Crippen LogP contribution >= 0.6 is 0 Å². The van der Waals surface area contributed by atoms with Gasteiger partial charge in [0.25, 0.3) is 0 Å². The average molecular weight is 274 g/mol. The third kappa shape index (κ3) is 3.28. The second-order valence-electron chi connectivity index (χ2n) is 5.77. The summed E-state index contributed by atoms with van der Waals surface area (Å²) in [6.45, 7) is 3.05. The lowest BCUT2D eigenvalue weighted by Crippen LogP contribution is -2.34. The number of hydrogen-bond donors (Lipinski definition) is 1. The third-order valence-corrected chi connectivity index (χ3v) is 3.98. The minimum atomic E-state index is 0.170. The Morgan fingerprint density at radius 2 is 2.20 bits per heavy atom. The number of carbonyl (C=O) groups excluding carboxylic acids is 1. The van der Waals surface area contributed by atoms with Crippen molar-refractivity contribution in [2.24, 2.45) is 0 Å². The van der Waals surface area contributed by atoms with Gasteiger partial charge in [-0.25, -0.2) is 4.98 Å². The molecule has 1 aromatic rings. The lowest BCUT2D eigenvalue weighted by molar-refractivity contribution is -0.127. The van der Waals surface area contributed by atoms with Gasteiger partial charge in [-0.15, -0.1) is 0 Å². The second-order valence-corrected chi connectivity index (χ2v) is 5.77.